The second-order valence-corrected chi connectivity index (χ2v) is 3.73. The van der Waals surface area contributed by atoms with E-state index in [0.29, 0.717) is 6.61 Å². The molecule has 0 amide bonds. The third kappa shape index (κ3) is 2.67. The Morgan fingerprint density at radius 3 is 2.71 bits per heavy atom. The lowest BCUT2D eigenvalue weighted by molar-refractivity contribution is 0.278. The summed E-state index contributed by atoms with van der Waals surface area (Å²) in [5.74, 6) is -1.64. The lowest BCUT2D eigenvalue weighted by Crippen LogP contribution is -2.01. The van der Waals surface area contributed by atoms with E-state index in [9.17, 15) is 8.78 Å². The van der Waals surface area contributed by atoms with Gasteiger partial charge in [-0.1, -0.05) is 13.3 Å². The van der Waals surface area contributed by atoms with Crippen LogP contribution in [0.2, 0.25) is 0 Å². The third-order valence-electron chi connectivity index (χ3n) is 1.75. The van der Waals surface area contributed by atoms with Crippen LogP contribution in [-0.2, 0) is 0 Å². The second kappa shape index (κ2) is 5.29. The van der Waals surface area contributed by atoms with Crippen LogP contribution in [0.25, 0.3) is 0 Å². The monoisotopic (exact) mass is 264 g/mol. The summed E-state index contributed by atoms with van der Waals surface area (Å²) in [5.41, 5.74) is 0. The Balaban J connectivity index is 2.79. The molecule has 1 nitrogen and oxygen atoms in total. The molecule has 0 radical (unpaired) electrons. The van der Waals surface area contributed by atoms with E-state index in [0.717, 1.165) is 12.8 Å². The van der Waals surface area contributed by atoms with Gasteiger partial charge in [-0.05, 0) is 34.5 Å². The molecule has 0 aliphatic heterocycles. The van der Waals surface area contributed by atoms with Crippen molar-refractivity contribution in [1.29, 1.82) is 0 Å². The summed E-state index contributed by atoms with van der Waals surface area (Å²) in [6.07, 6.45) is 1.71. The van der Waals surface area contributed by atoms with E-state index >= 15 is 0 Å². The van der Waals surface area contributed by atoms with E-state index in [4.69, 9.17) is 4.74 Å². The Morgan fingerprint density at radius 2 is 2.07 bits per heavy atom. The molecule has 1 aromatic rings. The van der Waals surface area contributed by atoms with Gasteiger partial charge in [-0.3, -0.25) is 0 Å². The van der Waals surface area contributed by atoms with E-state index < -0.39 is 11.6 Å². The number of halogens is 3. The zero-order valence-electron chi connectivity index (χ0n) is 7.82. The number of rotatable bonds is 4. The molecule has 0 spiro atoms. The Labute approximate surface area is 90.2 Å². The topological polar surface area (TPSA) is 9.23 Å². The molecule has 0 fully saturated rings. The minimum absolute atomic E-state index is 0.213. The zero-order chi connectivity index (χ0) is 10.6. The minimum atomic E-state index is -0.680. The molecule has 0 N–H and O–H groups in total. The molecule has 0 unspecified atom stereocenters. The summed E-state index contributed by atoms with van der Waals surface area (Å²) < 4.78 is 31.6. The number of unbranched alkanes of at least 4 members (excludes halogenated alkanes) is 1. The quantitative estimate of drug-likeness (QED) is 0.592. The van der Waals surface area contributed by atoms with E-state index in [1.54, 1.807) is 0 Å². The highest BCUT2D eigenvalue weighted by Gasteiger charge is 2.13. The van der Waals surface area contributed by atoms with Gasteiger partial charge < -0.3 is 4.74 Å². The van der Waals surface area contributed by atoms with Crippen molar-refractivity contribution in [3.05, 3.63) is 28.2 Å². The van der Waals surface area contributed by atoms with Crippen molar-refractivity contribution < 1.29 is 13.5 Å². The number of hydrogen-bond donors (Lipinski definition) is 0. The van der Waals surface area contributed by atoms with Gasteiger partial charge in [0.25, 0.3) is 0 Å². The van der Waals surface area contributed by atoms with Crippen molar-refractivity contribution in [1.82, 2.24) is 0 Å². The van der Waals surface area contributed by atoms with Gasteiger partial charge in [0.15, 0.2) is 17.4 Å². The zero-order valence-corrected chi connectivity index (χ0v) is 9.40. The Hall–Kier alpha value is -0.640. The Morgan fingerprint density at radius 1 is 1.36 bits per heavy atom. The summed E-state index contributed by atoms with van der Waals surface area (Å²) in [6, 6.07) is 2.49. The molecule has 0 heterocycles. The average Bonchev–Trinajstić information content (AvgIpc) is 2.18. The molecular formula is C10H11BrF2O. The van der Waals surface area contributed by atoms with Gasteiger partial charge in [0, 0.05) is 0 Å². The van der Waals surface area contributed by atoms with Gasteiger partial charge >= 0.3 is 0 Å². The van der Waals surface area contributed by atoms with E-state index in [1.165, 1.54) is 12.1 Å². The van der Waals surface area contributed by atoms with E-state index in [2.05, 4.69) is 15.9 Å². The SMILES string of the molecule is CCCCOc1c(F)ccc(Br)c1F. The van der Waals surface area contributed by atoms with Crippen LogP contribution in [-0.4, -0.2) is 6.61 Å². The molecule has 0 aliphatic carbocycles. The maximum absolute atomic E-state index is 13.3. The summed E-state index contributed by atoms with van der Waals surface area (Å²) in [6.45, 7) is 2.32. The van der Waals surface area contributed by atoms with Crippen LogP contribution in [0.15, 0.2) is 16.6 Å². The summed E-state index contributed by atoms with van der Waals surface area (Å²) in [7, 11) is 0. The fourth-order valence-electron chi connectivity index (χ4n) is 0.959. The van der Waals surface area contributed by atoms with Crippen LogP contribution >= 0.6 is 15.9 Å². The van der Waals surface area contributed by atoms with E-state index in [-0.39, 0.29) is 10.2 Å². The molecular weight excluding hydrogens is 254 g/mol. The summed E-state index contributed by atoms with van der Waals surface area (Å²) >= 11 is 2.97. The van der Waals surface area contributed by atoms with Crippen molar-refractivity contribution in [2.24, 2.45) is 0 Å². The molecule has 4 heteroatoms. The molecule has 0 aromatic heterocycles. The fourth-order valence-corrected chi connectivity index (χ4v) is 1.27. The fraction of sp³-hybridized carbons (Fsp3) is 0.400. The van der Waals surface area contributed by atoms with Crippen LogP contribution in [0.1, 0.15) is 19.8 Å². The third-order valence-corrected chi connectivity index (χ3v) is 2.36. The van der Waals surface area contributed by atoms with Crippen molar-refractivity contribution in [3.8, 4) is 5.75 Å². The highest BCUT2D eigenvalue weighted by Crippen LogP contribution is 2.27. The Bertz CT molecular complexity index is 315. The first-order valence-electron chi connectivity index (χ1n) is 4.43. The molecule has 14 heavy (non-hydrogen) atoms. The van der Waals surface area contributed by atoms with Gasteiger partial charge in [-0.2, -0.15) is 0 Å². The number of benzene rings is 1. The molecule has 0 bridgehead atoms. The highest BCUT2D eigenvalue weighted by molar-refractivity contribution is 9.10. The Kier molecular flexibility index (Phi) is 4.32. The largest absolute Gasteiger partial charge is 0.488 e. The molecule has 0 saturated heterocycles. The summed E-state index contributed by atoms with van der Waals surface area (Å²) in [4.78, 5) is 0. The molecule has 0 atom stereocenters. The highest BCUT2D eigenvalue weighted by atomic mass is 79.9. The van der Waals surface area contributed by atoms with Crippen LogP contribution in [0.4, 0.5) is 8.78 Å². The van der Waals surface area contributed by atoms with Crippen molar-refractivity contribution in [2.75, 3.05) is 6.61 Å². The molecule has 0 aliphatic rings. The lowest BCUT2D eigenvalue weighted by atomic mass is 10.3. The minimum Gasteiger partial charge on any atom is -0.488 e. The predicted molar refractivity (Wildman–Crippen MR) is 54.5 cm³/mol. The molecule has 0 saturated carbocycles. The van der Waals surface area contributed by atoms with Gasteiger partial charge in [0.1, 0.15) is 0 Å². The second-order valence-electron chi connectivity index (χ2n) is 2.87. The van der Waals surface area contributed by atoms with Crippen molar-refractivity contribution in [3.63, 3.8) is 0 Å². The van der Waals surface area contributed by atoms with Crippen LogP contribution in [0.5, 0.6) is 5.75 Å². The molecule has 1 aromatic carbocycles. The first kappa shape index (κ1) is 11.4. The smallest absolute Gasteiger partial charge is 0.191 e. The number of ether oxygens (including phenoxy) is 1. The van der Waals surface area contributed by atoms with Gasteiger partial charge in [0.2, 0.25) is 0 Å². The van der Waals surface area contributed by atoms with Gasteiger partial charge in [-0.15, -0.1) is 0 Å². The van der Waals surface area contributed by atoms with Crippen LogP contribution in [0, 0.1) is 11.6 Å². The number of hydrogen-bond acceptors (Lipinski definition) is 1. The van der Waals surface area contributed by atoms with Gasteiger partial charge in [-0.25, -0.2) is 8.78 Å². The van der Waals surface area contributed by atoms with Crippen molar-refractivity contribution in [2.45, 2.75) is 19.8 Å². The molecule has 1 rings (SSSR count). The van der Waals surface area contributed by atoms with E-state index in [1.807, 2.05) is 6.92 Å². The van der Waals surface area contributed by atoms with Crippen molar-refractivity contribution >= 4 is 15.9 Å². The van der Waals surface area contributed by atoms with Crippen LogP contribution in [0.3, 0.4) is 0 Å². The average molecular weight is 265 g/mol. The first-order chi connectivity index (χ1) is 6.66. The maximum Gasteiger partial charge on any atom is 0.191 e. The lowest BCUT2D eigenvalue weighted by Gasteiger charge is -2.08. The summed E-state index contributed by atoms with van der Waals surface area (Å²) in [5, 5.41) is 0. The van der Waals surface area contributed by atoms with Crippen LogP contribution < -0.4 is 4.74 Å². The normalized spacial score (nSPS) is 10.3. The predicted octanol–water partition coefficient (Wildman–Crippen LogP) is 3.91. The van der Waals surface area contributed by atoms with Gasteiger partial charge in [0.05, 0.1) is 11.1 Å². The molecule has 78 valence electrons. The standard InChI is InChI=1S/C10H11BrF2O/c1-2-3-6-14-10-8(12)5-4-7(11)9(10)13/h4-5H,2-3,6H2,1H3. The first-order valence-corrected chi connectivity index (χ1v) is 5.22. The maximum atomic E-state index is 13.3.